The zero-order valence-electron chi connectivity index (χ0n) is 17.1. The van der Waals surface area contributed by atoms with Crippen LogP contribution in [0.5, 0.6) is 11.5 Å². The van der Waals surface area contributed by atoms with E-state index in [9.17, 15) is 14.9 Å². The van der Waals surface area contributed by atoms with Crippen LogP contribution in [0.4, 0.5) is 11.4 Å². The fraction of sp³-hybridized carbons (Fsp3) is 0.250. The van der Waals surface area contributed by atoms with E-state index in [1.165, 1.54) is 30.0 Å². The minimum Gasteiger partial charge on any atom is -0.497 e. The highest BCUT2D eigenvalue weighted by Crippen LogP contribution is 2.25. The Hall–Kier alpha value is -3.60. The highest BCUT2D eigenvalue weighted by Gasteiger charge is 2.18. The molecule has 11 heteroatoms. The summed E-state index contributed by atoms with van der Waals surface area (Å²) in [5.74, 6) is 1.78. The second kappa shape index (κ2) is 9.94. The van der Waals surface area contributed by atoms with Crippen molar-refractivity contribution in [1.82, 2.24) is 14.8 Å². The Morgan fingerprint density at radius 3 is 2.61 bits per heavy atom. The molecule has 10 nitrogen and oxygen atoms in total. The second-order valence-corrected chi connectivity index (χ2v) is 7.42. The zero-order chi connectivity index (χ0) is 22.4. The molecular formula is C20H21N5O5S. The lowest BCUT2D eigenvalue weighted by Gasteiger charge is -2.14. The van der Waals surface area contributed by atoms with Crippen molar-refractivity contribution in [3.8, 4) is 11.5 Å². The summed E-state index contributed by atoms with van der Waals surface area (Å²) in [6, 6.07) is 13.0. The number of nitrogens with one attached hydrogen (secondary N) is 1. The molecule has 0 spiro atoms. The summed E-state index contributed by atoms with van der Waals surface area (Å²) in [5, 5.41) is 22.3. The Balaban J connectivity index is 1.57. The van der Waals surface area contributed by atoms with Gasteiger partial charge in [0, 0.05) is 24.9 Å². The molecule has 0 radical (unpaired) electrons. The number of nitro benzene ring substituents is 1. The van der Waals surface area contributed by atoms with E-state index >= 15 is 0 Å². The number of nitro groups is 1. The molecule has 1 amide bonds. The Bertz CT molecular complexity index is 1070. The molecule has 1 aromatic heterocycles. The molecule has 0 aliphatic rings. The van der Waals surface area contributed by atoms with Gasteiger partial charge in [-0.15, -0.1) is 10.2 Å². The van der Waals surface area contributed by atoms with Gasteiger partial charge in [0.15, 0.2) is 17.1 Å². The Labute approximate surface area is 182 Å². The van der Waals surface area contributed by atoms with E-state index in [1.807, 2.05) is 6.92 Å². The molecule has 0 saturated heterocycles. The number of methoxy groups -OCH3 is 1. The van der Waals surface area contributed by atoms with Crippen LogP contribution in [0.1, 0.15) is 18.9 Å². The molecule has 0 aliphatic heterocycles. The van der Waals surface area contributed by atoms with E-state index in [2.05, 4.69) is 15.5 Å². The SMILES string of the molecule is COc1ccc(OC(C)c2nnc(SCC(=O)Nc3cccc([N+](=O)[O-])c3)n2C)cc1. The number of rotatable bonds is 9. The second-order valence-electron chi connectivity index (χ2n) is 6.48. The molecule has 162 valence electrons. The third kappa shape index (κ3) is 5.72. The van der Waals surface area contributed by atoms with Crippen LogP contribution in [0.3, 0.4) is 0 Å². The summed E-state index contributed by atoms with van der Waals surface area (Å²) in [7, 11) is 3.39. The van der Waals surface area contributed by atoms with Crippen LogP contribution in [-0.2, 0) is 11.8 Å². The highest BCUT2D eigenvalue weighted by molar-refractivity contribution is 7.99. The predicted octanol–water partition coefficient (Wildman–Crippen LogP) is 3.60. The molecule has 1 heterocycles. The van der Waals surface area contributed by atoms with E-state index in [4.69, 9.17) is 9.47 Å². The van der Waals surface area contributed by atoms with Gasteiger partial charge in [-0.2, -0.15) is 0 Å². The van der Waals surface area contributed by atoms with Gasteiger partial charge in [-0.05, 0) is 37.3 Å². The third-order valence-electron chi connectivity index (χ3n) is 4.28. The van der Waals surface area contributed by atoms with E-state index in [0.29, 0.717) is 22.4 Å². The number of anilines is 1. The summed E-state index contributed by atoms with van der Waals surface area (Å²) in [6.07, 6.45) is -0.362. The molecule has 31 heavy (non-hydrogen) atoms. The van der Waals surface area contributed by atoms with Crippen molar-refractivity contribution in [2.45, 2.75) is 18.2 Å². The van der Waals surface area contributed by atoms with Crippen molar-refractivity contribution in [2.24, 2.45) is 7.05 Å². The fourth-order valence-electron chi connectivity index (χ4n) is 2.74. The predicted molar refractivity (Wildman–Crippen MR) is 115 cm³/mol. The first kappa shape index (κ1) is 22.1. The first-order chi connectivity index (χ1) is 14.9. The first-order valence-electron chi connectivity index (χ1n) is 9.24. The van der Waals surface area contributed by atoms with Gasteiger partial charge < -0.3 is 19.4 Å². The minimum atomic E-state index is -0.513. The molecule has 1 atom stereocenters. The summed E-state index contributed by atoms with van der Waals surface area (Å²) < 4.78 is 12.8. The van der Waals surface area contributed by atoms with Gasteiger partial charge in [0.05, 0.1) is 17.8 Å². The number of non-ortho nitro benzene ring substituents is 1. The van der Waals surface area contributed by atoms with Crippen LogP contribution >= 0.6 is 11.8 Å². The number of hydrogen-bond acceptors (Lipinski definition) is 8. The van der Waals surface area contributed by atoms with Crippen molar-refractivity contribution in [2.75, 3.05) is 18.2 Å². The highest BCUT2D eigenvalue weighted by atomic mass is 32.2. The zero-order valence-corrected chi connectivity index (χ0v) is 18.0. The minimum absolute atomic E-state index is 0.0718. The monoisotopic (exact) mass is 443 g/mol. The molecule has 1 unspecified atom stereocenters. The van der Waals surface area contributed by atoms with Crippen LogP contribution in [0.25, 0.3) is 0 Å². The van der Waals surface area contributed by atoms with Gasteiger partial charge >= 0.3 is 0 Å². The third-order valence-corrected chi connectivity index (χ3v) is 5.30. The summed E-state index contributed by atoms with van der Waals surface area (Å²) in [5.41, 5.74) is 0.272. The van der Waals surface area contributed by atoms with Gasteiger partial charge in [-0.1, -0.05) is 17.8 Å². The van der Waals surface area contributed by atoms with Crippen molar-refractivity contribution in [1.29, 1.82) is 0 Å². The number of carbonyl (C=O) groups excluding carboxylic acids is 1. The van der Waals surface area contributed by atoms with Crippen molar-refractivity contribution < 1.29 is 19.2 Å². The van der Waals surface area contributed by atoms with E-state index in [-0.39, 0.29) is 23.5 Å². The number of thioether (sulfide) groups is 1. The maximum absolute atomic E-state index is 12.2. The average molecular weight is 443 g/mol. The normalized spacial score (nSPS) is 11.6. The maximum atomic E-state index is 12.2. The first-order valence-corrected chi connectivity index (χ1v) is 10.2. The number of hydrogen-bond donors (Lipinski definition) is 1. The lowest BCUT2D eigenvalue weighted by molar-refractivity contribution is -0.384. The number of nitrogens with zero attached hydrogens (tertiary/aromatic N) is 4. The molecule has 0 bridgehead atoms. The van der Waals surface area contributed by atoms with Gasteiger partial charge in [0.2, 0.25) is 5.91 Å². The molecule has 0 saturated carbocycles. The van der Waals surface area contributed by atoms with Crippen LogP contribution in [-0.4, -0.2) is 38.5 Å². The summed E-state index contributed by atoms with van der Waals surface area (Å²) in [4.78, 5) is 22.5. The van der Waals surface area contributed by atoms with E-state index in [1.54, 1.807) is 49.1 Å². The lowest BCUT2D eigenvalue weighted by Crippen LogP contribution is -2.15. The maximum Gasteiger partial charge on any atom is 0.271 e. The van der Waals surface area contributed by atoms with Gasteiger partial charge in [-0.25, -0.2) is 0 Å². The fourth-order valence-corrected chi connectivity index (χ4v) is 3.46. The van der Waals surface area contributed by atoms with Crippen LogP contribution < -0.4 is 14.8 Å². The quantitative estimate of drug-likeness (QED) is 0.302. The molecule has 0 aliphatic carbocycles. The summed E-state index contributed by atoms with van der Waals surface area (Å²) in [6.45, 7) is 1.86. The lowest BCUT2D eigenvalue weighted by atomic mass is 10.3. The molecular weight excluding hydrogens is 422 g/mol. The smallest absolute Gasteiger partial charge is 0.271 e. The van der Waals surface area contributed by atoms with Crippen LogP contribution in [0.15, 0.2) is 53.7 Å². The van der Waals surface area contributed by atoms with Crippen LogP contribution in [0, 0.1) is 10.1 Å². The Kier molecular flexibility index (Phi) is 7.08. The van der Waals surface area contributed by atoms with Gasteiger partial charge in [0.25, 0.3) is 5.69 Å². The molecule has 0 fully saturated rings. The number of ether oxygens (including phenoxy) is 2. The Morgan fingerprint density at radius 1 is 1.23 bits per heavy atom. The van der Waals surface area contributed by atoms with Crippen LogP contribution in [0.2, 0.25) is 0 Å². The van der Waals surface area contributed by atoms with Gasteiger partial charge in [0.1, 0.15) is 11.5 Å². The average Bonchev–Trinajstić information content (AvgIpc) is 3.13. The van der Waals surface area contributed by atoms with E-state index < -0.39 is 4.92 Å². The number of aromatic nitrogens is 3. The van der Waals surface area contributed by atoms with Crippen molar-refractivity contribution in [3.63, 3.8) is 0 Å². The van der Waals surface area contributed by atoms with E-state index in [0.717, 1.165) is 5.75 Å². The van der Waals surface area contributed by atoms with Crippen molar-refractivity contribution in [3.05, 3.63) is 64.5 Å². The molecule has 1 N–H and O–H groups in total. The van der Waals surface area contributed by atoms with Gasteiger partial charge in [-0.3, -0.25) is 14.9 Å². The largest absolute Gasteiger partial charge is 0.497 e. The molecule has 3 rings (SSSR count). The number of benzene rings is 2. The van der Waals surface area contributed by atoms with Crippen molar-refractivity contribution >= 4 is 29.0 Å². The number of amides is 1. The standard InChI is InChI=1S/C20H21N5O5S/c1-13(30-17-9-7-16(29-3)8-10-17)19-22-23-20(24(19)2)31-12-18(26)21-14-5-4-6-15(11-14)25(27)28/h4-11,13H,12H2,1-3H3,(H,21,26). The number of carbonyl (C=O) groups is 1. The Morgan fingerprint density at radius 2 is 1.94 bits per heavy atom. The topological polar surface area (TPSA) is 121 Å². The molecule has 3 aromatic rings. The summed E-state index contributed by atoms with van der Waals surface area (Å²) >= 11 is 1.21. The molecule has 2 aromatic carbocycles.